The van der Waals surface area contributed by atoms with E-state index in [0.29, 0.717) is 30.0 Å². The van der Waals surface area contributed by atoms with Gasteiger partial charge in [0.15, 0.2) is 11.5 Å². The number of amides is 1. The van der Waals surface area contributed by atoms with Gasteiger partial charge in [0.05, 0.1) is 39.5 Å². The Morgan fingerprint density at radius 3 is 2.41 bits per heavy atom. The van der Waals surface area contributed by atoms with Gasteiger partial charge in [-0.3, -0.25) is 9.59 Å². The van der Waals surface area contributed by atoms with Gasteiger partial charge in [-0.15, -0.1) is 0 Å². The SMILES string of the molecule is COC(=O)CC1c2cc(OC)c(OC)cc2CCN1C(=O)c1ccc(-n2cccn2)cc1. The zero-order valence-corrected chi connectivity index (χ0v) is 18.3. The number of benzene rings is 2. The summed E-state index contributed by atoms with van der Waals surface area (Å²) in [5.41, 5.74) is 3.29. The minimum Gasteiger partial charge on any atom is -0.493 e. The third-order valence-corrected chi connectivity index (χ3v) is 5.73. The predicted octanol–water partition coefficient (Wildman–Crippen LogP) is 3.19. The van der Waals surface area contributed by atoms with Crippen molar-refractivity contribution < 1.29 is 23.8 Å². The van der Waals surface area contributed by atoms with Gasteiger partial charge in [-0.25, -0.2) is 4.68 Å². The first-order chi connectivity index (χ1) is 15.5. The lowest BCUT2D eigenvalue weighted by Crippen LogP contribution is -2.41. The molecule has 4 rings (SSSR count). The van der Waals surface area contributed by atoms with E-state index in [1.807, 2.05) is 36.5 Å². The molecule has 166 valence electrons. The van der Waals surface area contributed by atoms with Crippen LogP contribution in [-0.2, 0) is 16.0 Å². The number of fused-ring (bicyclic) bond motifs is 1. The van der Waals surface area contributed by atoms with Crippen LogP contribution in [0, 0.1) is 0 Å². The van der Waals surface area contributed by atoms with Crippen LogP contribution < -0.4 is 9.47 Å². The maximum atomic E-state index is 13.5. The van der Waals surface area contributed by atoms with E-state index in [4.69, 9.17) is 14.2 Å². The number of nitrogens with zero attached hydrogens (tertiary/aromatic N) is 3. The molecule has 0 fully saturated rings. The average molecular weight is 435 g/mol. The second kappa shape index (κ2) is 9.13. The predicted molar refractivity (Wildman–Crippen MR) is 117 cm³/mol. The number of methoxy groups -OCH3 is 3. The highest BCUT2D eigenvalue weighted by Crippen LogP contribution is 2.40. The summed E-state index contributed by atoms with van der Waals surface area (Å²) in [7, 11) is 4.50. The third kappa shape index (κ3) is 4.03. The largest absolute Gasteiger partial charge is 0.493 e. The van der Waals surface area contributed by atoms with Crippen molar-refractivity contribution in [1.82, 2.24) is 14.7 Å². The first kappa shape index (κ1) is 21.4. The second-order valence-corrected chi connectivity index (χ2v) is 7.45. The minimum absolute atomic E-state index is 0.0517. The molecule has 2 aromatic carbocycles. The van der Waals surface area contributed by atoms with Crippen molar-refractivity contribution in [2.45, 2.75) is 18.9 Å². The van der Waals surface area contributed by atoms with Gasteiger partial charge in [-0.2, -0.15) is 5.10 Å². The molecule has 0 spiro atoms. The first-order valence-corrected chi connectivity index (χ1v) is 10.3. The number of esters is 1. The number of hydrogen-bond acceptors (Lipinski definition) is 6. The molecule has 1 aromatic heterocycles. The monoisotopic (exact) mass is 435 g/mol. The van der Waals surface area contributed by atoms with Gasteiger partial charge in [-0.05, 0) is 60.0 Å². The van der Waals surface area contributed by atoms with Crippen molar-refractivity contribution in [3.05, 3.63) is 71.5 Å². The van der Waals surface area contributed by atoms with E-state index >= 15 is 0 Å². The summed E-state index contributed by atoms with van der Waals surface area (Å²) < 4.78 is 17.5. The van der Waals surface area contributed by atoms with Gasteiger partial charge in [0.25, 0.3) is 5.91 Å². The molecule has 0 saturated heterocycles. The molecular formula is C24H25N3O5. The summed E-state index contributed by atoms with van der Waals surface area (Å²) in [6, 6.07) is 12.4. The van der Waals surface area contributed by atoms with E-state index in [1.54, 1.807) is 42.1 Å². The third-order valence-electron chi connectivity index (χ3n) is 5.73. The lowest BCUT2D eigenvalue weighted by molar-refractivity contribution is -0.141. The van der Waals surface area contributed by atoms with Crippen LogP contribution in [0.2, 0.25) is 0 Å². The number of aromatic nitrogens is 2. The molecule has 2 heterocycles. The average Bonchev–Trinajstić information content (AvgIpc) is 3.38. The van der Waals surface area contributed by atoms with Gasteiger partial charge in [0, 0.05) is 24.5 Å². The summed E-state index contributed by atoms with van der Waals surface area (Å²) in [6.07, 6.45) is 4.23. The molecule has 0 aliphatic carbocycles. The minimum atomic E-state index is -0.468. The fourth-order valence-corrected chi connectivity index (χ4v) is 4.08. The van der Waals surface area contributed by atoms with Crippen LogP contribution >= 0.6 is 0 Å². The molecule has 3 aromatic rings. The summed E-state index contributed by atoms with van der Waals surface area (Å²) in [4.78, 5) is 27.4. The first-order valence-electron chi connectivity index (χ1n) is 10.3. The number of carbonyl (C=O) groups excluding carboxylic acids is 2. The highest BCUT2D eigenvalue weighted by molar-refractivity contribution is 5.95. The Kier molecular flexibility index (Phi) is 6.11. The fourth-order valence-electron chi connectivity index (χ4n) is 4.08. The van der Waals surface area contributed by atoms with E-state index in [-0.39, 0.29) is 18.3 Å². The van der Waals surface area contributed by atoms with E-state index in [1.165, 1.54) is 7.11 Å². The van der Waals surface area contributed by atoms with E-state index in [9.17, 15) is 9.59 Å². The van der Waals surface area contributed by atoms with Crippen molar-refractivity contribution in [2.24, 2.45) is 0 Å². The second-order valence-electron chi connectivity index (χ2n) is 7.45. The van der Waals surface area contributed by atoms with Crippen LogP contribution in [0.5, 0.6) is 11.5 Å². The van der Waals surface area contributed by atoms with Crippen molar-refractivity contribution in [1.29, 1.82) is 0 Å². The van der Waals surface area contributed by atoms with Gasteiger partial charge in [-0.1, -0.05) is 0 Å². The maximum Gasteiger partial charge on any atom is 0.307 e. The molecule has 1 aliphatic heterocycles. The van der Waals surface area contributed by atoms with Gasteiger partial charge in [0.2, 0.25) is 0 Å². The molecule has 0 saturated carbocycles. The Labute approximate surface area is 186 Å². The topological polar surface area (TPSA) is 82.9 Å². The molecule has 0 N–H and O–H groups in total. The molecule has 0 bridgehead atoms. The number of rotatable bonds is 6. The highest BCUT2D eigenvalue weighted by Gasteiger charge is 2.34. The van der Waals surface area contributed by atoms with Crippen LogP contribution in [0.15, 0.2) is 54.9 Å². The quantitative estimate of drug-likeness (QED) is 0.553. The zero-order valence-electron chi connectivity index (χ0n) is 18.3. The highest BCUT2D eigenvalue weighted by atomic mass is 16.5. The normalized spacial score (nSPS) is 15.1. The van der Waals surface area contributed by atoms with Gasteiger partial charge < -0.3 is 19.1 Å². The number of hydrogen-bond donors (Lipinski definition) is 0. The molecule has 1 amide bonds. The van der Waals surface area contributed by atoms with Crippen molar-refractivity contribution in [3.8, 4) is 17.2 Å². The molecule has 8 nitrogen and oxygen atoms in total. The molecule has 1 atom stereocenters. The Morgan fingerprint density at radius 2 is 1.78 bits per heavy atom. The molecule has 0 radical (unpaired) electrons. The standard InChI is InChI=1S/C24H25N3O5/c1-30-21-13-17-9-12-26(20(15-23(28)32-3)19(17)14-22(21)31-2)24(29)16-5-7-18(8-6-16)27-11-4-10-25-27/h4-8,10-11,13-14,20H,9,12,15H2,1-3H3. The van der Waals surface area contributed by atoms with Crippen molar-refractivity contribution in [3.63, 3.8) is 0 Å². The van der Waals surface area contributed by atoms with Crippen molar-refractivity contribution >= 4 is 11.9 Å². The molecule has 1 unspecified atom stereocenters. The van der Waals surface area contributed by atoms with Crippen molar-refractivity contribution in [2.75, 3.05) is 27.9 Å². The molecule has 32 heavy (non-hydrogen) atoms. The summed E-state index contributed by atoms with van der Waals surface area (Å²) in [5.74, 6) is 0.645. The smallest absolute Gasteiger partial charge is 0.307 e. The maximum absolute atomic E-state index is 13.5. The Hall–Kier alpha value is -3.81. The number of carbonyl (C=O) groups is 2. The lowest BCUT2D eigenvalue weighted by Gasteiger charge is -2.37. The Morgan fingerprint density at radius 1 is 1.06 bits per heavy atom. The Balaban J connectivity index is 1.68. The van der Waals surface area contributed by atoms with Crippen LogP contribution in [-0.4, -0.2) is 54.4 Å². The lowest BCUT2D eigenvalue weighted by atomic mass is 9.89. The van der Waals surface area contributed by atoms with Gasteiger partial charge in [0.1, 0.15) is 0 Å². The molecule has 1 aliphatic rings. The van der Waals surface area contributed by atoms with E-state index in [2.05, 4.69) is 5.10 Å². The van der Waals surface area contributed by atoms with Crippen LogP contribution in [0.3, 0.4) is 0 Å². The van der Waals surface area contributed by atoms with E-state index in [0.717, 1.165) is 16.8 Å². The summed E-state index contributed by atoms with van der Waals surface area (Å²) >= 11 is 0. The van der Waals surface area contributed by atoms with Gasteiger partial charge >= 0.3 is 5.97 Å². The van der Waals surface area contributed by atoms with E-state index < -0.39 is 6.04 Å². The summed E-state index contributed by atoms with van der Waals surface area (Å²) in [6.45, 7) is 0.476. The van der Waals surface area contributed by atoms with Crippen LogP contribution in [0.25, 0.3) is 5.69 Å². The van der Waals surface area contributed by atoms with Crippen LogP contribution in [0.4, 0.5) is 0 Å². The fraction of sp³-hybridized carbons (Fsp3) is 0.292. The molecular weight excluding hydrogens is 410 g/mol. The Bertz CT molecular complexity index is 1110. The zero-order chi connectivity index (χ0) is 22.7. The molecule has 8 heteroatoms. The van der Waals surface area contributed by atoms with Crippen LogP contribution in [0.1, 0.15) is 33.9 Å². The number of ether oxygens (including phenoxy) is 3. The summed E-state index contributed by atoms with van der Waals surface area (Å²) in [5, 5.41) is 4.21.